The Morgan fingerprint density at radius 1 is 0.444 bits per heavy atom. The molecule has 0 aliphatic rings. The van der Waals surface area contributed by atoms with Gasteiger partial charge in [-0.05, 0) is 0 Å². The van der Waals surface area contributed by atoms with Gasteiger partial charge < -0.3 is 0 Å². The molecule has 0 bridgehead atoms. The summed E-state index contributed by atoms with van der Waals surface area (Å²) >= 11 is 0. The summed E-state index contributed by atoms with van der Waals surface area (Å²) in [6, 6.07) is 0. The van der Waals surface area contributed by atoms with Crippen LogP contribution in [-0.2, 0) is 0 Å². The molecule has 0 atom stereocenters. The Balaban J connectivity index is 4.14. The zero-order valence-corrected chi connectivity index (χ0v) is 14.7. The molecule has 0 nitrogen and oxygen atoms in total. The molecule has 0 aliphatic heterocycles. The van der Waals surface area contributed by atoms with Gasteiger partial charge >= 0.3 is 117 Å². The van der Waals surface area contributed by atoms with E-state index < -0.39 is 7.26 Å². The predicted molar refractivity (Wildman–Crippen MR) is 92.0 cm³/mol. The molecule has 0 heterocycles. The van der Waals surface area contributed by atoms with Crippen LogP contribution >= 0.6 is 7.26 Å². The van der Waals surface area contributed by atoms with Crippen molar-refractivity contribution in [3.8, 4) is 0 Å². The van der Waals surface area contributed by atoms with Gasteiger partial charge in [0.2, 0.25) is 0 Å². The molecule has 0 radical (unpaired) electrons. The van der Waals surface area contributed by atoms with E-state index in [2.05, 4.69) is 27.7 Å². The van der Waals surface area contributed by atoms with Gasteiger partial charge in [-0.2, -0.15) is 0 Å². The molecule has 0 aromatic heterocycles. The van der Waals surface area contributed by atoms with Crippen LogP contribution in [0.1, 0.15) is 85.5 Å². The van der Waals surface area contributed by atoms with E-state index in [1.165, 1.54) is 57.8 Å². The Kier molecular flexibility index (Phi) is 12.8. The van der Waals surface area contributed by atoms with Gasteiger partial charge in [-0.25, -0.2) is 0 Å². The third-order valence-electron chi connectivity index (χ3n) is 4.43. The van der Waals surface area contributed by atoms with E-state index in [1.807, 2.05) is 0 Å². The molecular formula is C17H39P. The summed E-state index contributed by atoms with van der Waals surface area (Å²) in [5.41, 5.74) is 0. The van der Waals surface area contributed by atoms with Crippen LogP contribution in [-0.4, -0.2) is 24.6 Å². The Hall–Kier alpha value is 0.430. The molecule has 0 aromatic carbocycles. The quantitative estimate of drug-likeness (QED) is 0.272. The Morgan fingerprint density at radius 3 is 1.44 bits per heavy atom. The third kappa shape index (κ3) is 8.52. The topological polar surface area (TPSA) is 0 Å². The minimum absolute atomic E-state index is 0.877. The Morgan fingerprint density at radius 2 is 0.944 bits per heavy atom. The summed E-state index contributed by atoms with van der Waals surface area (Å²) in [5, 5.41) is 0. The van der Waals surface area contributed by atoms with Crippen LogP contribution in [0, 0.1) is 0 Å². The van der Waals surface area contributed by atoms with Crippen molar-refractivity contribution in [1.29, 1.82) is 0 Å². The molecule has 0 aromatic rings. The van der Waals surface area contributed by atoms with Crippen LogP contribution in [0.15, 0.2) is 0 Å². The first-order valence-corrected chi connectivity index (χ1v) is 11.6. The second-order valence-corrected chi connectivity index (χ2v) is 11.3. The molecule has 0 saturated carbocycles. The minimum atomic E-state index is -0.877. The maximum absolute atomic E-state index is 2.40. The molecule has 18 heavy (non-hydrogen) atoms. The first-order valence-electron chi connectivity index (χ1n) is 8.74. The molecule has 0 aliphatic carbocycles. The van der Waals surface area contributed by atoms with Crippen LogP contribution in [0.2, 0.25) is 0 Å². The average Bonchev–Trinajstić information content (AvgIpc) is 2.37. The van der Waals surface area contributed by atoms with Crippen molar-refractivity contribution < 1.29 is 0 Å². The zero-order chi connectivity index (χ0) is 13.7. The van der Waals surface area contributed by atoms with Gasteiger partial charge in [0.05, 0.1) is 0 Å². The maximum atomic E-state index is 2.40. The molecule has 0 saturated heterocycles. The second kappa shape index (κ2) is 12.5. The average molecular weight is 274 g/mol. The van der Waals surface area contributed by atoms with E-state index in [-0.39, 0.29) is 0 Å². The van der Waals surface area contributed by atoms with E-state index >= 15 is 0 Å². The van der Waals surface area contributed by atoms with E-state index in [4.69, 9.17) is 0 Å². The SMILES string of the molecule is CCCCCCC[PH](CCC)(CCC)CCCC. The third-order valence-corrected chi connectivity index (χ3v) is 10.4. The fourth-order valence-electron chi connectivity index (χ4n) is 3.47. The molecule has 0 amide bonds. The Labute approximate surface area is 118 Å². The van der Waals surface area contributed by atoms with E-state index in [0.29, 0.717) is 0 Å². The number of rotatable bonds is 13. The van der Waals surface area contributed by atoms with Crippen LogP contribution in [0.5, 0.6) is 0 Å². The van der Waals surface area contributed by atoms with Crippen molar-refractivity contribution >= 4 is 7.26 Å². The van der Waals surface area contributed by atoms with Crippen molar-refractivity contribution in [3.63, 3.8) is 0 Å². The number of hydrogen-bond donors (Lipinski definition) is 0. The summed E-state index contributed by atoms with van der Waals surface area (Å²) in [7, 11) is -0.877. The monoisotopic (exact) mass is 274 g/mol. The summed E-state index contributed by atoms with van der Waals surface area (Å²) in [6.45, 7) is 9.48. The standard InChI is InChI=1S/C17H39P/c1-5-9-11-12-13-17-18(14-7-3,15-8-4)16-10-6-2/h18H,5-17H2,1-4H3. The summed E-state index contributed by atoms with van der Waals surface area (Å²) in [4.78, 5) is 0. The Bertz CT molecular complexity index is 159. The van der Waals surface area contributed by atoms with Gasteiger partial charge in [0.25, 0.3) is 0 Å². The van der Waals surface area contributed by atoms with Crippen molar-refractivity contribution in [2.24, 2.45) is 0 Å². The molecule has 0 fully saturated rings. The molecule has 0 rings (SSSR count). The van der Waals surface area contributed by atoms with Gasteiger partial charge in [0.1, 0.15) is 0 Å². The van der Waals surface area contributed by atoms with Crippen LogP contribution in [0.3, 0.4) is 0 Å². The number of unbranched alkanes of at least 4 members (excludes halogenated alkanes) is 5. The number of hydrogen-bond acceptors (Lipinski definition) is 0. The van der Waals surface area contributed by atoms with Crippen molar-refractivity contribution in [2.45, 2.75) is 85.5 Å². The van der Waals surface area contributed by atoms with Crippen LogP contribution < -0.4 is 0 Å². The summed E-state index contributed by atoms with van der Waals surface area (Å²) in [6.07, 6.45) is 19.6. The fourth-order valence-corrected chi connectivity index (χ4v) is 9.19. The predicted octanol–water partition coefficient (Wildman–Crippen LogP) is 6.33. The van der Waals surface area contributed by atoms with Crippen molar-refractivity contribution in [2.75, 3.05) is 24.6 Å². The molecule has 112 valence electrons. The van der Waals surface area contributed by atoms with Crippen molar-refractivity contribution in [1.82, 2.24) is 0 Å². The van der Waals surface area contributed by atoms with E-state index in [1.54, 1.807) is 24.6 Å². The molecule has 0 N–H and O–H groups in total. The molecular weight excluding hydrogens is 235 g/mol. The molecule has 0 unspecified atom stereocenters. The van der Waals surface area contributed by atoms with Gasteiger partial charge in [-0.15, -0.1) is 0 Å². The van der Waals surface area contributed by atoms with Gasteiger partial charge in [-0.3, -0.25) is 0 Å². The molecule has 1 heteroatoms. The van der Waals surface area contributed by atoms with Crippen LogP contribution in [0.25, 0.3) is 0 Å². The fraction of sp³-hybridized carbons (Fsp3) is 1.00. The normalized spacial score (nSPS) is 12.9. The van der Waals surface area contributed by atoms with Gasteiger partial charge in [0, 0.05) is 0 Å². The van der Waals surface area contributed by atoms with Crippen molar-refractivity contribution in [3.05, 3.63) is 0 Å². The van der Waals surface area contributed by atoms with E-state index in [9.17, 15) is 0 Å². The summed E-state index contributed by atoms with van der Waals surface area (Å²) < 4.78 is 0. The first-order chi connectivity index (χ1) is 8.74. The second-order valence-electron chi connectivity index (χ2n) is 6.27. The zero-order valence-electron chi connectivity index (χ0n) is 13.7. The molecule has 0 spiro atoms. The first kappa shape index (κ1) is 18.4. The van der Waals surface area contributed by atoms with Crippen LogP contribution in [0.4, 0.5) is 0 Å². The van der Waals surface area contributed by atoms with E-state index in [0.717, 1.165) is 0 Å². The van der Waals surface area contributed by atoms with Gasteiger partial charge in [-0.1, -0.05) is 0 Å². The summed E-state index contributed by atoms with van der Waals surface area (Å²) in [5.74, 6) is 0. The van der Waals surface area contributed by atoms with Gasteiger partial charge in [0.15, 0.2) is 0 Å².